The maximum Gasteiger partial charge on any atom is 0.306 e. The average Bonchev–Trinajstić information content (AvgIpc) is 2.68. The zero-order valence-corrected chi connectivity index (χ0v) is 9.81. The molecule has 0 fully saturated rings. The van der Waals surface area contributed by atoms with Gasteiger partial charge in [0, 0.05) is 29.6 Å². The fourth-order valence-corrected chi connectivity index (χ4v) is 2.77. The summed E-state index contributed by atoms with van der Waals surface area (Å²) < 4.78 is 2.27. The molecule has 1 aliphatic heterocycles. The molecule has 2 aromatic rings. The van der Waals surface area contributed by atoms with Gasteiger partial charge in [-0.2, -0.15) is 0 Å². The van der Waals surface area contributed by atoms with Crippen LogP contribution in [0.5, 0.6) is 0 Å². The summed E-state index contributed by atoms with van der Waals surface area (Å²) in [7, 11) is 0. The van der Waals surface area contributed by atoms with Crippen LogP contribution >= 0.6 is 0 Å². The van der Waals surface area contributed by atoms with Crippen LogP contribution in [0.25, 0.3) is 10.9 Å². The Morgan fingerprint density at radius 2 is 2.29 bits per heavy atom. The Morgan fingerprint density at radius 3 is 3.06 bits per heavy atom. The number of benzene rings is 1. The van der Waals surface area contributed by atoms with Gasteiger partial charge in [-0.1, -0.05) is 12.1 Å². The first kappa shape index (κ1) is 10.4. The molecule has 3 heteroatoms. The van der Waals surface area contributed by atoms with Gasteiger partial charge in [-0.05, 0) is 31.0 Å². The first-order chi connectivity index (χ1) is 8.16. The van der Waals surface area contributed by atoms with Crippen molar-refractivity contribution in [1.29, 1.82) is 0 Å². The number of carbonyl (C=O) groups is 1. The number of carboxylic acid groups (broad SMARTS) is 1. The van der Waals surface area contributed by atoms with Crippen LogP contribution in [0, 0.1) is 12.8 Å². The Labute approximate surface area is 99.7 Å². The van der Waals surface area contributed by atoms with E-state index in [0.717, 1.165) is 18.7 Å². The quantitative estimate of drug-likeness (QED) is 0.816. The second-order valence-electron chi connectivity index (χ2n) is 4.82. The zero-order valence-electron chi connectivity index (χ0n) is 9.81. The van der Waals surface area contributed by atoms with E-state index in [-0.39, 0.29) is 5.92 Å². The number of fused-ring (bicyclic) bond motifs is 3. The summed E-state index contributed by atoms with van der Waals surface area (Å²) >= 11 is 0. The summed E-state index contributed by atoms with van der Waals surface area (Å²) in [6.45, 7) is 2.92. The highest BCUT2D eigenvalue weighted by atomic mass is 16.4. The van der Waals surface area contributed by atoms with Crippen LogP contribution in [0.2, 0.25) is 0 Å². The second kappa shape index (κ2) is 3.62. The van der Waals surface area contributed by atoms with Crippen molar-refractivity contribution in [3.05, 3.63) is 35.5 Å². The predicted octanol–water partition coefficient (Wildman–Crippen LogP) is 2.60. The van der Waals surface area contributed by atoms with E-state index in [4.69, 9.17) is 5.11 Å². The Kier molecular flexibility index (Phi) is 2.21. The van der Waals surface area contributed by atoms with Gasteiger partial charge in [0.1, 0.15) is 0 Å². The average molecular weight is 229 g/mol. The monoisotopic (exact) mass is 229 g/mol. The van der Waals surface area contributed by atoms with Crippen molar-refractivity contribution in [2.24, 2.45) is 5.92 Å². The minimum absolute atomic E-state index is 0.216. The molecule has 1 atom stereocenters. The van der Waals surface area contributed by atoms with Crippen LogP contribution in [0.1, 0.15) is 17.7 Å². The van der Waals surface area contributed by atoms with Crippen molar-refractivity contribution in [3.8, 4) is 0 Å². The van der Waals surface area contributed by atoms with Gasteiger partial charge in [0.25, 0.3) is 0 Å². The number of rotatable bonds is 1. The normalized spacial score (nSPS) is 19.2. The molecule has 0 amide bonds. The van der Waals surface area contributed by atoms with E-state index in [9.17, 15) is 4.79 Å². The molecule has 3 nitrogen and oxygen atoms in total. The van der Waals surface area contributed by atoms with Crippen molar-refractivity contribution in [2.45, 2.75) is 26.3 Å². The Balaban J connectivity index is 2.13. The standard InChI is InChI=1S/C14H15NO2/c1-9-3-2-4-13-12(9)8-11-7-10(14(16)17)5-6-15(11)13/h2-4,8,10H,5-7H2,1H3,(H,16,17). The van der Waals surface area contributed by atoms with Crippen LogP contribution < -0.4 is 0 Å². The molecule has 0 bridgehead atoms. The Bertz CT molecular complexity index is 598. The van der Waals surface area contributed by atoms with Gasteiger partial charge < -0.3 is 9.67 Å². The molecule has 0 saturated carbocycles. The molecule has 17 heavy (non-hydrogen) atoms. The second-order valence-corrected chi connectivity index (χ2v) is 4.82. The highest BCUT2D eigenvalue weighted by molar-refractivity contribution is 5.85. The van der Waals surface area contributed by atoms with Crippen molar-refractivity contribution in [2.75, 3.05) is 0 Å². The van der Waals surface area contributed by atoms with Gasteiger partial charge in [-0.3, -0.25) is 4.79 Å². The zero-order chi connectivity index (χ0) is 12.0. The number of hydrogen-bond acceptors (Lipinski definition) is 1. The third-order valence-electron chi connectivity index (χ3n) is 3.76. The molecule has 0 radical (unpaired) electrons. The summed E-state index contributed by atoms with van der Waals surface area (Å²) in [5.41, 5.74) is 3.66. The maximum absolute atomic E-state index is 11.0. The Hall–Kier alpha value is -1.77. The fraction of sp³-hybridized carbons (Fsp3) is 0.357. The molecule has 1 aromatic carbocycles. The molecule has 1 aromatic heterocycles. The minimum atomic E-state index is -0.668. The van der Waals surface area contributed by atoms with E-state index < -0.39 is 5.97 Å². The van der Waals surface area contributed by atoms with Crippen LogP contribution in [0.15, 0.2) is 24.3 Å². The molecule has 0 aliphatic carbocycles. The molecule has 1 N–H and O–H groups in total. The lowest BCUT2D eigenvalue weighted by Crippen LogP contribution is -2.24. The molecule has 1 unspecified atom stereocenters. The van der Waals surface area contributed by atoms with Crippen LogP contribution in [0.4, 0.5) is 0 Å². The molecular formula is C14H15NO2. The minimum Gasteiger partial charge on any atom is -0.481 e. The van der Waals surface area contributed by atoms with Crippen molar-refractivity contribution in [3.63, 3.8) is 0 Å². The van der Waals surface area contributed by atoms with E-state index in [0.29, 0.717) is 6.42 Å². The molecule has 1 aliphatic rings. The van der Waals surface area contributed by atoms with Gasteiger partial charge in [-0.15, -0.1) is 0 Å². The number of aromatic nitrogens is 1. The van der Waals surface area contributed by atoms with Crippen LogP contribution in [0.3, 0.4) is 0 Å². The van der Waals surface area contributed by atoms with E-state index in [2.05, 4.69) is 35.8 Å². The molecule has 2 heterocycles. The number of aryl methyl sites for hydroxylation is 2. The predicted molar refractivity (Wildman–Crippen MR) is 66.1 cm³/mol. The van der Waals surface area contributed by atoms with Gasteiger partial charge in [0.2, 0.25) is 0 Å². The molecule has 3 rings (SSSR count). The lowest BCUT2D eigenvalue weighted by molar-refractivity contribution is -0.142. The van der Waals surface area contributed by atoms with Gasteiger partial charge in [0.05, 0.1) is 5.92 Å². The summed E-state index contributed by atoms with van der Waals surface area (Å²) in [5.74, 6) is -0.884. The summed E-state index contributed by atoms with van der Waals surface area (Å²) in [6.07, 6.45) is 1.39. The molecule has 0 spiro atoms. The SMILES string of the molecule is Cc1cccc2c1cc1n2CCC(C(=O)O)C1. The topological polar surface area (TPSA) is 42.2 Å². The van der Waals surface area contributed by atoms with Crippen LogP contribution in [-0.2, 0) is 17.8 Å². The third-order valence-corrected chi connectivity index (χ3v) is 3.76. The number of nitrogens with zero attached hydrogens (tertiary/aromatic N) is 1. The molecule has 88 valence electrons. The first-order valence-corrected chi connectivity index (χ1v) is 5.97. The smallest absolute Gasteiger partial charge is 0.306 e. The van der Waals surface area contributed by atoms with E-state index in [1.165, 1.54) is 16.5 Å². The van der Waals surface area contributed by atoms with Gasteiger partial charge in [0.15, 0.2) is 0 Å². The highest BCUT2D eigenvalue weighted by Gasteiger charge is 2.25. The number of carboxylic acids is 1. The van der Waals surface area contributed by atoms with Crippen molar-refractivity contribution in [1.82, 2.24) is 4.57 Å². The lowest BCUT2D eigenvalue weighted by Gasteiger charge is -2.21. The van der Waals surface area contributed by atoms with Crippen molar-refractivity contribution >= 4 is 16.9 Å². The highest BCUT2D eigenvalue weighted by Crippen LogP contribution is 2.29. The maximum atomic E-state index is 11.0. The van der Waals surface area contributed by atoms with Crippen LogP contribution in [-0.4, -0.2) is 15.6 Å². The summed E-state index contributed by atoms with van der Waals surface area (Å²) in [5, 5.41) is 10.3. The number of aliphatic carboxylic acids is 1. The first-order valence-electron chi connectivity index (χ1n) is 5.97. The number of hydrogen-bond donors (Lipinski definition) is 1. The molecule has 0 saturated heterocycles. The van der Waals surface area contributed by atoms with Gasteiger partial charge >= 0.3 is 5.97 Å². The van der Waals surface area contributed by atoms with Gasteiger partial charge in [-0.25, -0.2) is 0 Å². The summed E-state index contributed by atoms with van der Waals surface area (Å²) in [4.78, 5) is 11.0. The van der Waals surface area contributed by atoms with E-state index >= 15 is 0 Å². The fourth-order valence-electron chi connectivity index (χ4n) is 2.77. The largest absolute Gasteiger partial charge is 0.481 e. The third kappa shape index (κ3) is 1.54. The Morgan fingerprint density at radius 1 is 1.47 bits per heavy atom. The molecular weight excluding hydrogens is 214 g/mol. The van der Waals surface area contributed by atoms with E-state index in [1.54, 1.807) is 0 Å². The van der Waals surface area contributed by atoms with E-state index in [1.807, 2.05) is 0 Å². The summed E-state index contributed by atoms with van der Waals surface area (Å²) in [6, 6.07) is 8.43. The van der Waals surface area contributed by atoms with Crippen molar-refractivity contribution < 1.29 is 9.90 Å². The lowest BCUT2D eigenvalue weighted by atomic mass is 9.96.